The molecule has 0 aliphatic carbocycles. The number of rotatable bonds is 6. The van der Waals surface area contributed by atoms with Gasteiger partial charge in [-0.3, -0.25) is 0 Å². The number of halogens is 3. The molecule has 0 aromatic carbocycles. The largest absolute Gasteiger partial charge is 0.411 e. The van der Waals surface area contributed by atoms with Gasteiger partial charge in [-0.05, 0) is 5.41 Å². The lowest BCUT2D eigenvalue weighted by atomic mass is 9.87. The van der Waals surface area contributed by atoms with E-state index in [1.54, 1.807) is 0 Å². The van der Waals surface area contributed by atoms with Crippen molar-refractivity contribution < 1.29 is 27.5 Å². The smallest absolute Gasteiger partial charge is 0.392 e. The first kappa shape index (κ1) is 16.9. The molecule has 1 rings (SSSR count). The molecule has 1 aromatic rings. The summed E-state index contributed by atoms with van der Waals surface area (Å²) >= 11 is 0. The minimum atomic E-state index is -4.33. The highest BCUT2D eigenvalue weighted by atomic mass is 19.4. The van der Waals surface area contributed by atoms with E-state index in [9.17, 15) is 18.3 Å². The highest BCUT2D eigenvalue weighted by molar-refractivity contribution is 4.90. The molecule has 1 heterocycles. The highest BCUT2D eigenvalue weighted by Gasteiger charge is 2.27. The van der Waals surface area contributed by atoms with Crippen molar-refractivity contribution in [3.63, 3.8) is 0 Å². The Morgan fingerprint density at radius 2 is 1.95 bits per heavy atom. The Bertz CT molecular complexity index is 413. The molecule has 1 N–H and O–H groups in total. The molecule has 0 saturated carbocycles. The zero-order chi connectivity index (χ0) is 15.4. The minimum absolute atomic E-state index is 0.130. The molecule has 0 bridgehead atoms. The first-order valence-electron chi connectivity index (χ1n) is 6.22. The first-order chi connectivity index (χ1) is 9.08. The van der Waals surface area contributed by atoms with Gasteiger partial charge in [0.25, 0.3) is 0 Å². The summed E-state index contributed by atoms with van der Waals surface area (Å²) in [7, 11) is 0. The molecule has 8 heteroatoms. The Balaban J connectivity index is 2.37. The van der Waals surface area contributed by atoms with Crippen LogP contribution >= 0.6 is 0 Å². The third-order valence-corrected chi connectivity index (χ3v) is 2.61. The highest BCUT2D eigenvalue weighted by Crippen LogP contribution is 2.21. The molecular weight excluding hydrogens is 277 g/mol. The maximum atomic E-state index is 11.8. The number of hydrogen-bond donors (Lipinski definition) is 1. The Morgan fingerprint density at radius 3 is 2.50 bits per heavy atom. The van der Waals surface area contributed by atoms with Crippen LogP contribution in [0.1, 0.15) is 32.5 Å². The second-order valence-electron chi connectivity index (χ2n) is 5.61. The monoisotopic (exact) mass is 296 g/mol. The fraction of sp³-hybridized carbons (Fsp3) is 0.833. The average Bonchev–Trinajstić information content (AvgIpc) is 2.69. The normalized spacial score (nSPS) is 14.6. The molecule has 116 valence electrons. The lowest BCUT2D eigenvalue weighted by molar-refractivity contribution is -0.173. The van der Waals surface area contributed by atoms with Gasteiger partial charge < -0.3 is 14.4 Å². The van der Waals surface area contributed by atoms with Gasteiger partial charge in [0.2, 0.25) is 5.89 Å². The Morgan fingerprint density at radius 1 is 1.30 bits per heavy atom. The Kier molecular flexibility index (Phi) is 5.52. The number of hydrogen-bond acceptors (Lipinski definition) is 5. The molecule has 0 saturated heterocycles. The third kappa shape index (κ3) is 6.33. The number of aliphatic hydroxyl groups is 1. The quantitative estimate of drug-likeness (QED) is 0.815. The summed E-state index contributed by atoms with van der Waals surface area (Å²) in [6.07, 6.45) is -4.64. The number of ether oxygens (including phenoxy) is 1. The fourth-order valence-corrected chi connectivity index (χ4v) is 1.30. The molecule has 1 atom stereocenters. The van der Waals surface area contributed by atoms with Crippen molar-refractivity contribution >= 4 is 0 Å². The summed E-state index contributed by atoms with van der Waals surface area (Å²) in [4.78, 5) is 4.00. The second kappa shape index (κ2) is 6.53. The molecule has 0 fully saturated rings. The van der Waals surface area contributed by atoms with Crippen LogP contribution in [0.5, 0.6) is 0 Å². The van der Waals surface area contributed by atoms with Crippen molar-refractivity contribution in [3.8, 4) is 0 Å². The van der Waals surface area contributed by atoms with Crippen LogP contribution in [0.25, 0.3) is 0 Å². The molecule has 0 radical (unpaired) electrons. The second-order valence-corrected chi connectivity index (χ2v) is 5.61. The number of aliphatic hydroxyl groups excluding tert-OH is 1. The Hall–Kier alpha value is -1.15. The third-order valence-electron chi connectivity index (χ3n) is 2.61. The topological polar surface area (TPSA) is 68.4 Å². The molecule has 1 unspecified atom stereocenters. The van der Waals surface area contributed by atoms with E-state index in [2.05, 4.69) is 14.9 Å². The molecule has 5 nitrogen and oxygen atoms in total. The van der Waals surface area contributed by atoms with E-state index in [0.717, 1.165) is 0 Å². The lowest BCUT2D eigenvalue weighted by Gasteiger charge is -2.24. The summed E-state index contributed by atoms with van der Waals surface area (Å²) in [6.45, 7) is 4.19. The SMILES string of the molecule is CC(C)(C)C(O)Cc1nc(CCOCC(F)(F)F)no1. The minimum Gasteiger partial charge on any atom is -0.392 e. The predicted octanol–water partition coefficient (Wildman–Crippen LogP) is 2.14. The van der Waals surface area contributed by atoms with Crippen LogP contribution in [-0.2, 0) is 17.6 Å². The van der Waals surface area contributed by atoms with Crippen molar-refractivity contribution in [1.82, 2.24) is 10.1 Å². The van der Waals surface area contributed by atoms with Crippen LogP contribution < -0.4 is 0 Å². The molecular formula is C12H19F3N2O3. The molecule has 0 amide bonds. The van der Waals surface area contributed by atoms with Crippen LogP contribution in [-0.4, -0.2) is 40.7 Å². The van der Waals surface area contributed by atoms with Crippen LogP contribution in [0.2, 0.25) is 0 Å². The van der Waals surface area contributed by atoms with Gasteiger partial charge in [-0.15, -0.1) is 0 Å². The average molecular weight is 296 g/mol. The number of aromatic nitrogens is 2. The van der Waals surface area contributed by atoms with Gasteiger partial charge in [0.05, 0.1) is 19.1 Å². The van der Waals surface area contributed by atoms with Gasteiger partial charge in [0.1, 0.15) is 6.61 Å². The van der Waals surface area contributed by atoms with Crippen LogP contribution in [0.15, 0.2) is 4.52 Å². The van der Waals surface area contributed by atoms with Gasteiger partial charge >= 0.3 is 6.18 Å². The summed E-state index contributed by atoms with van der Waals surface area (Å²) < 4.78 is 44.9. The number of alkyl halides is 3. The first-order valence-corrected chi connectivity index (χ1v) is 6.22. The van der Waals surface area contributed by atoms with Crippen LogP contribution in [0.3, 0.4) is 0 Å². The van der Waals surface area contributed by atoms with Crippen molar-refractivity contribution in [3.05, 3.63) is 11.7 Å². The number of nitrogens with zero attached hydrogens (tertiary/aromatic N) is 2. The van der Waals surface area contributed by atoms with E-state index >= 15 is 0 Å². The zero-order valence-corrected chi connectivity index (χ0v) is 11.7. The van der Waals surface area contributed by atoms with E-state index in [-0.39, 0.29) is 36.6 Å². The summed E-state index contributed by atoms with van der Waals surface area (Å²) in [5.74, 6) is 0.529. The standard InChI is InChI=1S/C12H19F3N2O3/c1-11(2,3)8(18)6-10-16-9(17-20-10)4-5-19-7-12(13,14)15/h8,18H,4-7H2,1-3H3. The summed E-state index contributed by atoms with van der Waals surface area (Å²) in [6, 6.07) is 0. The zero-order valence-electron chi connectivity index (χ0n) is 11.7. The van der Waals surface area contributed by atoms with Crippen molar-refractivity contribution in [1.29, 1.82) is 0 Å². The van der Waals surface area contributed by atoms with E-state index in [1.165, 1.54) is 0 Å². The summed E-state index contributed by atoms with van der Waals surface area (Å²) in [5.41, 5.74) is -0.315. The van der Waals surface area contributed by atoms with E-state index in [1.807, 2.05) is 20.8 Å². The van der Waals surface area contributed by atoms with Crippen LogP contribution in [0, 0.1) is 5.41 Å². The molecule has 0 spiro atoms. The van der Waals surface area contributed by atoms with Crippen molar-refractivity contribution in [2.75, 3.05) is 13.2 Å². The van der Waals surface area contributed by atoms with E-state index in [4.69, 9.17) is 4.52 Å². The van der Waals surface area contributed by atoms with Crippen molar-refractivity contribution in [2.24, 2.45) is 5.41 Å². The van der Waals surface area contributed by atoms with Crippen molar-refractivity contribution in [2.45, 2.75) is 45.9 Å². The van der Waals surface area contributed by atoms with Gasteiger partial charge in [-0.2, -0.15) is 18.2 Å². The molecule has 1 aromatic heterocycles. The maximum Gasteiger partial charge on any atom is 0.411 e. The van der Waals surface area contributed by atoms with Gasteiger partial charge in [-0.1, -0.05) is 25.9 Å². The fourth-order valence-electron chi connectivity index (χ4n) is 1.30. The van der Waals surface area contributed by atoms with Crippen LogP contribution in [0.4, 0.5) is 13.2 Å². The predicted molar refractivity (Wildman–Crippen MR) is 64.0 cm³/mol. The Labute approximate surface area is 115 Å². The van der Waals surface area contributed by atoms with Gasteiger partial charge in [0.15, 0.2) is 5.82 Å². The van der Waals surface area contributed by atoms with E-state index in [0.29, 0.717) is 0 Å². The molecule has 0 aliphatic rings. The molecule has 20 heavy (non-hydrogen) atoms. The van der Waals surface area contributed by atoms with Gasteiger partial charge in [-0.25, -0.2) is 0 Å². The lowest BCUT2D eigenvalue weighted by Crippen LogP contribution is -2.28. The van der Waals surface area contributed by atoms with E-state index < -0.39 is 18.9 Å². The molecule has 0 aliphatic heterocycles. The van der Waals surface area contributed by atoms with Gasteiger partial charge in [0, 0.05) is 6.42 Å². The maximum absolute atomic E-state index is 11.8. The summed E-state index contributed by atoms with van der Waals surface area (Å²) in [5, 5.41) is 13.5.